The molecule has 0 aliphatic rings. The Balaban J connectivity index is 1.79. The molecule has 0 aliphatic carbocycles. The molecular weight excluding hydrogens is 340 g/mol. The highest BCUT2D eigenvalue weighted by Gasteiger charge is 2.15. The van der Waals surface area contributed by atoms with Gasteiger partial charge in [-0.25, -0.2) is 4.79 Å². The zero-order chi connectivity index (χ0) is 17.8. The van der Waals surface area contributed by atoms with Crippen LogP contribution in [0, 0.1) is 6.92 Å². The van der Waals surface area contributed by atoms with E-state index in [2.05, 4.69) is 20.8 Å². The lowest BCUT2D eigenvalue weighted by molar-refractivity contribution is 0.262. The van der Waals surface area contributed by atoms with E-state index in [1.807, 2.05) is 23.8 Å². The van der Waals surface area contributed by atoms with E-state index in [0.717, 1.165) is 11.3 Å². The minimum atomic E-state index is -0.378. The van der Waals surface area contributed by atoms with E-state index in [0.29, 0.717) is 28.6 Å². The molecule has 0 saturated heterocycles. The lowest BCUT2D eigenvalue weighted by Crippen LogP contribution is -2.20. The molecule has 0 bridgehead atoms. The van der Waals surface area contributed by atoms with Crippen LogP contribution in [0.1, 0.15) is 5.69 Å². The highest BCUT2D eigenvalue weighted by molar-refractivity contribution is 7.08. The molecule has 130 valence electrons. The first-order valence-corrected chi connectivity index (χ1v) is 8.43. The normalized spacial score (nSPS) is 10.4. The van der Waals surface area contributed by atoms with Crippen molar-refractivity contribution in [1.82, 2.24) is 10.2 Å². The second kappa shape index (κ2) is 7.27. The van der Waals surface area contributed by atoms with Crippen LogP contribution in [-0.2, 0) is 0 Å². The minimum absolute atomic E-state index is 0.378. The Kier molecular flexibility index (Phi) is 4.90. The largest absolute Gasteiger partial charge is 0.497 e. The molecule has 0 fully saturated rings. The number of carbonyl (C=O) groups excluding carboxylic acids is 1. The van der Waals surface area contributed by atoms with Crippen LogP contribution in [0.15, 0.2) is 35.0 Å². The van der Waals surface area contributed by atoms with E-state index < -0.39 is 0 Å². The Labute approximate surface area is 149 Å². The van der Waals surface area contributed by atoms with Crippen LogP contribution < -0.4 is 20.1 Å². The van der Waals surface area contributed by atoms with Gasteiger partial charge < -0.3 is 20.1 Å². The van der Waals surface area contributed by atoms with Crippen LogP contribution in [0.3, 0.4) is 0 Å². The van der Waals surface area contributed by atoms with Gasteiger partial charge in [0.1, 0.15) is 17.2 Å². The van der Waals surface area contributed by atoms with Crippen LogP contribution in [0.5, 0.6) is 11.5 Å². The monoisotopic (exact) mass is 358 g/mol. The van der Waals surface area contributed by atoms with Gasteiger partial charge in [0.25, 0.3) is 0 Å². The summed E-state index contributed by atoms with van der Waals surface area (Å²) in [6.07, 6.45) is 0. The molecule has 0 atom stereocenters. The maximum Gasteiger partial charge on any atom is 0.323 e. The van der Waals surface area contributed by atoms with Gasteiger partial charge >= 0.3 is 6.03 Å². The number of aromatic amines is 1. The zero-order valence-electron chi connectivity index (χ0n) is 14.0. The van der Waals surface area contributed by atoms with Gasteiger partial charge in [-0.3, -0.25) is 5.10 Å². The standard InChI is InChI=1S/C17H18N4O3S/c1-10-15(16(21-20-10)11-4-5-25-9-11)19-17(22)18-12-6-13(23-2)8-14(7-12)24-3/h4-9H,1-3H3,(H,20,21)(H2,18,19,22). The number of benzene rings is 1. The van der Waals surface area contributed by atoms with Gasteiger partial charge in [-0.1, -0.05) is 0 Å². The molecule has 2 amide bonds. The molecule has 0 saturated carbocycles. The molecule has 7 nitrogen and oxygen atoms in total. The van der Waals surface area contributed by atoms with E-state index in [-0.39, 0.29) is 6.03 Å². The van der Waals surface area contributed by atoms with Crippen molar-refractivity contribution < 1.29 is 14.3 Å². The maximum absolute atomic E-state index is 12.4. The molecule has 3 N–H and O–H groups in total. The predicted molar refractivity (Wildman–Crippen MR) is 98.8 cm³/mol. The summed E-state index contributed by atoms with van der Waals surface area (Å²) in [5.74, 6) is 1.18. The molecule has 3 aromatic rings. The second-order valence-corrected chi connectivity index (χ2v) is 6.04. The van der Waals surface area contributed by atoms with E-state index in [1.165, 1.54) is 0 Å². The molecule has 2 heterocycles. The van der Waals surface area contributed by atoms with E-state index >= 15 is 0 Å². The average molecular weight is 358 g/mol. The van der Waals surface area contributed by atoms with E-state index in [1.54, 1.807) is 43.8 Å². The Morgan fingerprint density at radius 1 is 1.16 bits per heavy atom. The van der Waals surface area contributed by atoms with E-state index in [9.17, 15) is 4.79 Å². The van der Waals surface area contributed by atoms with Crippen molar-refractivity contribution >= 4 is 28.7 Å². The molecule has 2 aromatic heterocycles. The number of anilines is 2. The quantitative estimate of drug-likeness (QED) is 0.640. The number of hydrogen-bond donors (Lipinski definition) is 3. The Morgan fingerprint density at radius 2 is 1.88 bits per heavy atom. The fourth-order valence-corrected chi connectivity index (χ4v) is 2.99. The Hall–Kier alpha value is -3.00. The van der Waals surface area contributed by atoms with Crippen LogP contribution in [0.25, 0.3) is 11.3 Å². The summed E-state index contributed by atoms with van der Waals surface area (Å²) in [4.78, 5) is 12.4. The Morgan fingerprint density at radius 3 is 2.48 bits per heavy atom. The SMILES string of the molecule is COc1cc(NC(=O)Nc2c(-c3ccsc3)n[nH]c2C)cc(OC)c1. The summed E-state index contributed by atoms with van der Waals surface area (Å²) in [5, 5.41) is 16.7. The zero-order valence-corrected chi connectivity index (χ0v) is 14.9. The first-order chi connectivity index (χ1) is 12.1. The molecule has 0 spiro atoms. The molecule has 3 rings (SSSR count). The summed E-state index contributed by atoms with van der Waals surface area (Å²) >= 11 is 1.57. The number of urea groups is 1. The number of thiophene rings is 1. The number of amides is 2. The number of carbonyl (C=O) groups is 1. The van der Waals surface area contributed by atoms with Crippen molar-refractivity contribution in [2.45, 2.75) is 6.92 Å². The molecule has 0 aliphatic heterocycles. The van der Waals surface area contributed by atoms with Gasteiger partial charge in [-0.15, -0.1) is 0 Å². The minimum Gasteiger partial charge on any atom is -0.497 e. The van der Waals surface area contributed by atoms with Crippen molar-refractivity contribution in [3.8, 4) is 22.8 Å². The Bertz CT molecular complexity index is 852. The average Bonchev–Trinajstić information content (AvgIpc) is 3.25. The molecule has 0 radical (unpaired) electrons. The summed E-state index contributed by atoms with van der Waals surface area (Å²) in [7, 11) is 3.11. The van der Waals surface area contributed by atoms with Crippen molar-refractivity contribution in [3.63, 3.8) is 0 Å². The van der Waals surface area contributed by atoms with Crippen LogP contribution >= 0.6 is 11.3 Å². The fraction of sp³-hybridized carbons (Fsp3) is 0.176. The second-order valence-electron chi connectivity index (χ2n) is 5.26. The summed E-state index contributed by atoms with van der Waals surface area (Å²) < 4.78 is 10.4. The number of hydrogen-bond acceptors (Lipinski definition) is 5. The predicted octanol–water partition coefficient (Wildman–Crippen LogP) is 4.11. The van der Waals surface area contributed by atoms with Crippen molar-refractivity contribution in [3.05, 3.63) is 40.7 Å². The molecular formula is C17H18N4O3S. The highest BCUT2D eigenvalue weighted by Crippen LogP contribution is 2.30. The van der Waals surface area contributed by atoms with Crippen LogP contribution in [0.2, 0.25) is 0 Å². The van der Waals surface area contributed by atoms with Gasteiger partial charge in [-0.2, -0.15) is 16.4 Å². The number of ether oxygens (including phenoxy) is 2. The van der Waals surface area contributed by atoms with Crippen LogP contribution in [0.4, 0.5) is 16.2 Å². The highest BCUT2D eigenvalue weighted by atomic mass is 32.1. The fourth-order valence-electron chi connectivity index (χ4n) is 2.35. The number of nitrogens with one attached hydrogen (secondary N) is 3. The first-order valence-electron chi connectivity index (χ1n) is 7.49. The molecule has 0 unspecified atom stereocenters. The molecule has 1 aromatic carbocycles. The number of aromatic nitrogens is 2. The van der Waals surface area contributed by atoms with Gasteiger partial charge in [0.2, 0.25) is 0 Å². The number of nitrogens with zero attached hydrogens (tertiary/aromatic N) is 1. The summed E-state index contributed by atoms with van der Waals surface area (Å²) in [6.45, 7) is 1.85. The van der Waals surface area contributed by atoms with Crippen LogP contribution in [-0.4, -0.2) is 30.4 Å². The third-order valence-corrected chi connectivity index (χ3v) is 4.27. The smallest absolute Gasteiger partial charge is 0.323 e. The van der Waals surface area contributed by atoms with Gasteiger partial charge in [0, 0.05) is 34.8 Å². The third-order valence-electron chi connectivity index (χ3n) is 3.59. The lowest BCUT2D eigenvalue weighted by atomic mass is 10.2. The maximum atomic E-state index is 12.4. The van der Waals surface area contributed by atoms with Gasteiger partial charge in [-0.05, 0) is 18.4 Å². The topological polar surface area (TPSA) is 88.3 Å². The van der Waals surface area contributed by atoms with E-state index in [4.69, 9.17) is 9.47 Å². The number of H-pyrrole nitrogens is 1. The summed E-state index contributed by atoms with van der Waals surface area (Å²) in [5.41, 5.74) is 3.64. The third kappa shape index (κ3) is 3.74. The number of methoxy groups -OCH3 is 2. The van der Waals surface area contributed by atoms with Crippen molar-refractivity contribution in [1.29, 1.82) is 0 Å². The van der Waals surface area contributed by atoms with Crippen molar-refractivity contribution in [2.75, 3.05) is 24.9 Å². The van der Waals surface area contributed by atoms with Crippen molar-refractivity contribution in [2.24, 2.45) is 0 Å². The first kappa shape index (κ1) is 16.8. The lowest BCUT2D eigenvalue weighted by Gasteiger charge is -2.11. The van der Waals surface area contributed by atoms with Gasteiger partial charge in [0.05, 0.1) is 25.6 Å². The number of rotatable bonds is 5. The molecule has 25 heavy (non-hydrogen) atoms. The van der Waals surface area contributed by atoms with Gasteiger partial charge in [0.15, 0.2) is 0 Å². The summed E-state index contributed by atoms with van der Waals surface area (Å²) in [6, 6.07) is 6.74. The number of aryl methyl sites for hydroxylation is 1. The molecule has 8 heteroatoms.